The second-order valence-electron chi connectivity index (χ2n) is 6.31. The first-order chi connectivity index (χ1) is 13.7. The summed E-state index contributed by atoms with van der Waals surface area (Å²) in [5.74, 6) is 2.51. The Morgan fingerprint density at radius 2 is 1.89 bits per heavy atom. The topological polar surface area (TPSA) is 60.9 Å². The molecule has 2 aromatic carbocycles. The third-order valence-corrected chi connectivity index (χ3v) is 4.43. The van der Waals surface area contributed by atoms with E-state index >= 15 is 0 Å². The van der Waals surface area contributed by atoms with Crippen molar-refractivity contribution < 1.29 is 19.0 Å². The zero-order chi connectivity index (χ0) is 19.3. The van der Waals surface area contributed by atoms with Crippen LogP contribution in [0.4, 0.5) is 0 Å². The van der Waals surface area contributed by atoms with Crippen molar-refractivity contribution >= 4 is 5.91 Å². The quantitative estimate of drug-likeness (QED) is 0.643. The molecule has 0 aliphatic carbocycles. The number of carbonyl (C=O) groups excluding carboxylic acids is 1. The lowest BCUT2D eigenvalue weighted by Gasteiger charge is -2.21. The molecule has 6 nitrogen and oxygen atoms in total. The maximum absolute atomic E-state index is 12.9. The molecule has 3 aromatic rings. The second-order valence-corrected chi connectivity index (χ2v) is 6.31. The van der Waals surface area contributed by atoms with Gasteiger partial charge >= 0.3 is 0 Å². The van der Waals surface area contributed by atoms with Crippen LogP contribution in [-0.2, 0) is 6.54 Å². The highest BCUT2D eigenvalue weighted by Gasteiger charge is 2.18. The number of hydrogen-bond acceptors (Lipinski definition) is 5. The Morgan fingerprint density at radius 1 is 1.07 bits per heavy atom. The molecule has 0 bridgehead atoms. The molecule has 0 radical (unpaired) electrons. The lowest BCUT2D eigenvalue weighted by molar-refractivity contribution is 0.0752. The molecule has 6 heteroatoms. The van der Waals surface area contributed by atoms with Crippen molar-refractivity contribution in [1.82, 2.24) is 9.88 Å². The lowest BCUT2D eigenvalue weighted by Crippen LogP contribution is -2.30. The van der Waals surface area contributed by atoms with E-state index in [1.165, 1.54) is 0 Å². The molecule has 1 aliphatic heterocycles. The SMILES string of the molecule is CCN(Cc1ccc2c(c1)OCO2)C(=O)c1ccc(Oc2ccccc2)nc1. The zero-order valence-electron chi connectivity index (χ0n) is 15.5. The van der Waals surface area contributed by atoms with Crippen molar-refractivity contribution in [3.63, 3.8) is 0 Å². The van der Waals surface area contributed by atoms with Gasteiger partial charge in [-0.1, -0.05) is 24.3 Å². The average Bonchev–Trinajstić information content (AvgIpc) is 3.21. The lowest BCUT2D eigenvalue weighted by atomic mass is 10.1. The van der Waals surface area contributed by atoms with Crippen LogP contribution in [0.3, 0.4) is 0 Å². The van der Waals surface area contributed by atoms with E-state index < -0.39 is 0 Å². The van der Waals surface area contributed by atoms with E-state index in [1.807, 2.05) is 55.5 Å². The van der Waals surface area contributed by atoms with Gasteiger partial charge in [0.2, 0.25) is 12.7 Å². The highest BCUT2D eigenvalue weighted by molar-refractivity contribution is 5.94. The molecule has 0 saturated carbocycles. The van der Waals surface area contributed by atoms with Gasteiger partial charge < -0.3 is 19.1 Å². The normalized spacial score (nSPS) is 11.9. The second kappa shape index (κ2) is 8.00. The number of pyridine rings is 1. The van der Waals surface area contributed by atoms with Crippen molar-refractivity contribution in [3.05, 3.63) is 78.0 Å². The zero-order valence-corrected chi connectivity index (χ0v) is 15.5. The molecule has 1 aromatic heterocycles. The van der Waals surface area contributed by atoms with Crippen LogP contribution < -0.4 is 14.2 Å². The number of carbonyl (C=O) groups is 1. The largest absolute Gasteiger partial charge is 0.454 e. The Labute approximate surface area is 163 Å². The molecule has 1 aliphatic rings. The smallest absolute Gasteiger partial charge is 0.255 e. The molecule has 1 amide bonds. The number of aromatic nitrogens is 1. The van der Waals surface area contributed by atoms with Crippen LogP contribution in [0.25, 0.3) is 0 Å². The fourth-order valence-electron chi connectivity index (χ4n) is 2.95. The number of para-hydroxylation sites is 1. The standard InChI is InChI=1S/C22H20N2O4/c1-2-24(14-16-8-10-19-20(12-16)27-15-26-19)22(25)17-9-11-21(23-13-17)28-18-6-4-3-5-7-18/h3-13H,2,14-15H2,1H3. The summed E-state index contributed by atoms with van der Waals surface area (Å²) in [4.78, 5) is 18.9. The van der Waals surface area contributed by atoms with E-state index in [4.69, 9.17) is 14.2 Å². The van der Waals surface area contributed by atoms with Gasteiger partial charge in [-0.2, -0.15) is 0 Å². The third kappa shape index (κ3) is 3.91. The highest BCUT2D eigenvalue weighted by Crippen LogP contribution is 2.33. The maximum atomic E-state index is 12.9. The van der Waals surface area contributed by atoms with Gasteiger partial charge in [0.25, 0.3) is 5.91 Å². The molecule has 0 atom stereocenters. The first-order valence-corrected chi connectivity index (χ1v) is 9.09. The summed E-state index contributed by atoms with van der Waals surface area (Å²) < 4.78 is 16.4. The Balaban J connectivity index is 1.44. The number of rotatable bonds is 6. The van der Waals surface area contributed by atoms with E-state index in [0.29, 0.717) is 36.0 Å². The summed E-state index contributed by atoms with van der Waals surface area (Å²) in [6.45, 7) is 3.24. The Morgan fingerprint density at radius 3 is 2.64 bits per heavy atom. The van der Waals surface area contributed by atoms with Gasteiger partial charge in [-0.05, 0) is 42.8 Å². The molecule has 0 saturated heterocycles. The first kappa shape index (κ1) is 17.9. The molecular formula is C22H20N2O4. The predicted molar refractivity (Wildman–Crippen MR) is 104 cm³/mol. The molecule has 0 spiro atoms. The van der Waals surface area contributed by atoms with Crippen molar-refractivity contribution in [2.45, 2.75) is 13.5 Å². The third-order valence-electron chi connectivity index (χ3n) is 4.43. The molecule has 0 N–H and O–H groups in total. The Hall–Kier alpha value is -3.54. The van der Waals surface area contributed by atoms with Crippen molar-refractivity contribution in [2.24, 2.45) is 0 Å². The molecule has 0 fully saturated rings. The molecule has 0 unspecified atom stereocenters. The summed E-state index contributed by atoms with van der Waals surface area (Å²) in [6, 6.07) is 18.6. The van der Waals surface area contributed by atoms with Crippen molar-refractivity contribution in [2.75, 3.05) is 13.3 Å². The summed E-state index contributed by atoms with van der Waals surface area (Å²) >= 11 is 0. The van der Waals surface area contributed by atoms with Crippen LogP contribution in [-0.4, -0.2) is 29.1 Å². The van der Waals surface area contributed by atoms with Gasteiger partial charge in [-0.25, -0.2) is 4.98 Å². The van der Waals surface area contributed by atoms with E-state index in [9.17, 15) is 4.79 Å². The minimum atomic E-state index is -0.0843. The summed E-state index contributed by atoms with van der Waals surface area (Å²) in [5.41, 5.74) is 1.50. The highest BCUT2D eigenvalue weighted by atomic mass is 16.7. The van der Waals surface area contributed by atoms with Crippen LogP contribution in [0.1, 0.15) is 22.8 Å². The molecular weight excluding hydrogens is 356 g/mol. The van der Waals surface area contributed by atoms with Gasteiger partial charge in [0.05, 0.1) is 5.56 Å². The number of benzene rings is 2. The fraction of sp³-hybridized carbons (Fsp3) is 0.182. The van der Waals surface area contributed by atoms with E-state index in [1.54, 1.807) is 23.2 Å². The van der Waals surface area contributed by atoms with Crippen LogP contribution >= 0.6 is 0 Å². The van der Waals surface area contributed by atoms with Gasteiger partial charge in [0.1, 0.15) is 5.75 Å². The van der Waals surface area contributed by atoms with Crippen LogP contribution in [0.2, 0.25) is 0 Å². The monoisotopic (exact) mass is 376 g/mol. The number of hydrogen-bond donors (Lipinski definition) is 0. The molecule has 2 heterocycles. The van der Waals surface area contributed by atoms with Crippen molar-refractivity contribution in [3.8, 4) is 23.1 Å². The van der Waals surface area contributed by atoms with E-state index in [-0.39, 0.29) is 12.7 Å². The van der Waals surface area contributed by atoms with Gasteiger partial charge in [-0.3, -0.25) is 4.79 Å². The van der Waals surface area contributed by atoms with E-state index in [0.717, 1.165) is 11.3 Å². The van der Waals surface area contributed by atoms with Gasteiger partial charge in [0.15, 0.2) is 11.5 Å². The summed E-state index contributed by atoms with van der Waals surface area (Å²) in [5, 5.41) is 0. The molecule has 4 rings (SSSR count). The maximum Gasteiger partial charge on any atom is 0.255 e. The summed E-state index contributed by atoms with van der Waals surface area (Å²) in [6.07, 6.45) is 1.54. The van der Waals surface area contributed by atoms with Gasteiger partial charge in [0, 0.05) is 25.4 Å². The number of nitrogens with zero attached hydrogens (tertiary/aromatic N) is 2. The fourth-order valence-corrected chi connectivity index (χ4v) is 2.95. The van der Waals surface area contributed by atoms with Crippen LogP contribution in [0, 0.1) is 0 Å². The van der Waals surface area contributed by atoms with E-state index in [2.05, 4.69) is 4.98 Å². The Kier molecular flexibility index (Phi) is 5.10. The van der Waals surface area contributed by atoms with Crippen LogP contribution in [0.15, 0.2) is 66.9 Å². The van der Waals surface area contributed by atoms with Crippen molar-refractivity contribution in [1.29, 1.82) is 0 Å². The number of amides is 1. The number of ether oxygens (including phenoxy) is 3. The average molecular weight is 376 g/mol. The van der Waals surface area contributed by atoms with Gasteiger partial charge in [-0.15, -0.1) is 0 Å². The Bertz CT molecular complexity index is 958. The minimum absolute atomic E-state index is 0.0843. The minimum Gasteiger partial charge on any atom is -0.454 e. The molecule has 28 heavy (non-hydrogen) atoms. The first-order valence-electron chi connectivity index (χ1n) is 9.09. The number of fused-ring (bicyclic) bond motifs is 1. The summed E-state index contributed by atoms with van der Waals surface area (Å²) in [7, 11) is 0. The predicted octanol–water partition coefficient (Wildman–Crippen LogP) is 4.26. The molecule has 142 valence electrons. The van der Waals surface area contributed by atoms with Crippen LogP contribution in [0.5, 0.6) is 23.1 Å².